The van der Waals surface area contributed by atoms with E-state index in [4.69, 9.17) is 0 Å². The van der Waals surface area contributed by atoms with E-state index in [1.54, 1.807) is 0 Å². The zero-order valence-corrected chi connectivity index (χ0v) is 27.4. The first-order chi connectivity index (χ1) is 24.8. The summed E-state index contributed by atoms with van der Waals surface area (Å²) in [6.45, 7) is 0. The fourth-order valence-corrected chi connectivity index (χ4v) is 7.82. The highest BCUT2D eigenvalue weighted by atomic mass is 15.0. The Morgan fingerprint density at radius 2 is 0.780 bits per heavy atom. The lowest BCUT2D eigenvalue weighted by molar-refractivity contribution is 1.17. The Balaban J connectivity index is 1.30. The molecule has 2 heteroatoms. The van der Waals surface area contributed by atoms with Gasteiger partial charge < -0.3 is 9.13 Å². The van der Waals surface area contributed by atoms with Gasteiger partial charge in [0.1, 0.15) is 0 Å². The standard InChI is InChI=1S/C48H32N2/c1-5-15-33(16-6-1)36-25-27-46-42(29-36)40-23-13-14-24-45(40)49(46)39-26-28-47-43(32-39)44-31-37(34-17-7-2-8-18-34)30-41(35-19-9-3-10-20-35)48(44)50(47)38-21-11-4-12-22-38/h1-32H. The minimum Gasteiger partial charge on any atom is -0.309 e. The number of benzene rings is 8. The maximum absolute atomic E-state index is 2.45. The van der Waals surface area contributed by atoms with Crippen LogP contribution >= 0.6 is 0 Å². The molecule has 0 N–H and O–H groups in total. The third kappa shape index (κ3) is 4.50. The fraction of sp³-hybridized carbons (Fsp3) is 0. The SMILES string of the molecule is c1ccc(-c2ccc3c(c2)c2ccccc2n3-c2ccc3c(c2)c2cc(-c4ccccc4)cc(-c4ccccc4)c2n3-c2ccccc2)cc1. The minimum atomic E-state index is 1.15. The van der Waals surface area contributed by atoms with Crippen LogP contribution in [0.25, 0.3) is 88.4 Å². The van der Waals surface area contributed by atoms with Crippen molar-refractivity contribution in [1.82, 2.24) is 9.13 Å². The van der Waals surface area contributed by atoms with Gasteiger partial charge in [0.15, 0.2) is 0 Å². The van der Waals surface area contributed by atoms with Gasteiger partial charge in [-0.1, -0.05) is 133 Å². The molecule has 0 fully saturated rings. The van der Waals surface area contributed by atoms with E-state index in [0.717, 1.165) is 11.4 Å². The minimum absolute atomic E-state index is 1.15. The van der Waals surface area contributed by atoms with Crippen LogP contribution in [-0.4, -0.2) is 9.13 Å². The Morgan fingerprint density at radius 1 is 0.260 bits per heavy atom. The highest BCUT2D eigenvalue weighted by molar-refractivity contribution is 6.16. The average Bonchev–Trinajstić information content (AvgIpc) is 3.71. The summed E-state index contributed by atoms with van der Waals surface area (Å²) in [6, 6.07) is 70.4. The Morgan fingerprint density at radius 3 is 1.50 bits per heavy atom. The largest absolute Gasteiger partial charge is 0.309 e. The highest BCUT2D eigenvalue weighted by Gasteiger charge is 2.20. The third-order valence-electron chi connectivity index (χ3n) is 10.1. The van der Waals surface area contributed by atoms with Crippen molar-refractivity contribution in [2.75, 3.05) is 0 Å². The summed E-state index contributed by atoms with van der Waals surface area (Å²) in [6.07, 6.45) is 0. The molecule has 0 radical (unpaired) electrons. The van der Waals surface area contributed by atoms with Crippen molar-refractivity contribution in [1.29, 1.82) is 0 Å². The summed E-state index contributed by atoms with van der Waals surface area (Å²) in [7, 11) is 0. The third-order valence-corrected chi connectivity index (χ3v) is 10.1. The second-order valence-electron chi connectivity index (χ2n) is 13.0. The van der Waals surface area contributed by atoms with Crippen molar-refractivity contribution in [2.24, 2.45) is 0 Å². The molecule has 0 amide bonds. The first-order valence-corrected chi connectivity index (χ1v) is 17.2. The van der Waals surface area contributed by atoms with Gasteiger partial charge in [0.05, 0.1) is 22.1 Å². The molecule has 0 aliphatic rings. The Kier molecular flexibility index (Phi) is 6.53. The number of fused-ring (bicyclic) bond motifs is 6. The Labute approximate surface area is 290 Å². The number of nitrogens with zero attached hydrogens (tertiary/aromatic N) is 2. The average molecular weight is 637 g/mol. The van der Waals surface area contributed by atoms with E-state index in [1.165, 1.54) is 77.0 Å². The van der Waals surface area contributed by atoms with E-state index in [9.17, 15) is 0 Å². The summed E-state index contributed by atoms with van der Waals surface area (Å²) < 4.78 is 4.88. The lowest BCUT2D eigenvalue weighted by atomic mass is 9.95. The molecular weight excluding hydrogens is 605 g/mol. The van der Waals surface area contributed by atoms with Crippen LogP contribution in [0.5, 0.6) is 0 Å². The lowest BCUT2D eigenvalue weighted by Crippen LogP contribution is -1.96. The molecule has 0 bridgehead atoms. The van der Waals surface area contributed by atoms with Crippen LogP contribution in [0.4, 0.5) is 0 Å². The smallest absolute Gasteiger partial charge is 0.0619 e. The van der Waals surface area contributed by atoms with Crippen LogP contribution < -0.4 is 0 Å². The van der Waals surface area contributed by atoms with Crippen LogP contribution in [0.3, 0.4) is 0 Å². The van der Waals surface area contributed by atoms with E-state index >= 15 is 0 Å². The molecule has 0 atom stereocenters. The predicted molar refractivity (Wildman–Crippen MR) is 211 cm³/mol. The molecule has 0 spiro atoms. The number of rotatable bonds is 5. The molecule has 0 saturated heterocycles. The summed E-state index contributed by atoms with van der Waals surface area (Å²) in [5, 5.41) is 4.97. The van der Waals surface area contributed by atoms with Crippen molar-refractivity contribution in [2.45, 2.75) is 0 Å². The summed E-state index contributed by atoms with van der Waals surface area (Å²) in [4.78, 5) is 0. The summed E-state index contributed by atoms with van der Waals surface area (Å²) in [5.74, 6) is 0. The number of hydrogen-bond acceptors (Lipinski definition) is 0. The van der Waals surface area contributed by atoms with Crippen LogP contribution in [0.15, 0.2) is 194 Å². The maximum atomic E-state index is 2.45. The molecule has 2 aromatic heterocycles. The zero-order chi connectivity index (χ0) is 33.0. The van der Waals surface area contributed by atoms with Gasteiger partial charge in [-0.25, -0.2) is 0 Å². The van der Waals surface area contributed by atoms with Crippen molar-refractivity contribution >= 4 is 43.6 Å². The van der Waals surface area contributed by atoms with Crippen LogP contribution in [0, 0.1) is 0 Å². The molecule has 2 heterocycles. The molecule has 8 aromatic carbocycles. The van der Waals surface area contributed by atoms with Crippen LogP contribution in [0.2, 0.25) is 0 Å². The van der Waals surface area contributed by atoms with Gasteiger partial charge in [0.25, 0.3) is 0 Å². The van der Waals surface area contributed by atoms with Crippen molar-refractivity contribution in [3.05, 3.63) is 194 Å². The molecule has 0 unspecified atom stereocenters. The van der Waals surface area contributed by atoms with Crippen molar-refractivity contribution in [3.63, 3.8) is 0 Å². The molecule has 0 saturated carbocycles. The monoisotopic (exact) mass is 636 g/mol. The van der Waals surface area contributed by atoms with Crippen molar-refractivity contribution < 1.29 is 0 Å². The van der Waals surface area contributed by atoms with E-state index < -0.39 is 0 Å². The normalized spacial score (nSPS) is 11.6. The van der Waals surface area contributed by atoms with Gasteiger partial charge in [-0.05, 0) is 88.5 Å². The molecule has 0 aliphatic carbocycles. The first kappa shape index (κ1) is 28.4. The predicted octanol–water partition coefficient (Wildman–Crippen LogP) is 12.9. The molecule has 10 rings (SSSR count). The lowest BCUT2D eigenvalue weighted by Gasteiger charge is -2.14. The van der Waals surface area contributed by atoms with Gasteiger partial charge in [0.2, 0.25) is 0 Å². The Bertz CT molecular complexity index is 2830. The second-order valence-corrected chi connectivity index (χ2v) is 13.0. The molecular formula is C48H32N2. The molecule has 10 aromatic rings. The summed E-state index contributed by atoms with van der Waals surface area (Å²) >= 11 is 0. The van der Waals surface area contributed by atoms with Crippen molar-refractivity contribution in [3.8, 4) is 44.8 Å². The van der Waals surface area contributed by atoms with Gasteiger partial charge in [-0.15, -0.1) is 0 Å². The van der Waals surface area contributed by atoms with Crippen LogP contribution in [0.1, 0.15) is 0 Å². The molecule has 50 heavy (non-hydrogen) atoms. The van der Waals surface area contributed by atoms with Gasteiger partial charge in [0, 0.05) is 38.5 Å². The van der Waals surface area contributed by atoms with Gasteiger partial charge >= 0.3 is 0 Å². The van der Waals surface area contributed by atoms with Gasteiger partial charge in [-0.2, -0.15) is 0 Å². The van der Waals surface area contributed by atoms with E-state index in [2.05, 4.69) is 203 Å². The Hall–Kier alpha value is -6.64. The topological polar surface area (TPSA) is 9.86 Å². The van der Waals surface area contributed by atoms with E-state index in [-0.39, 0.29) is 0 Å². The quantitative estimate of drug-likeness (QED) is 0.178. The van der Waals surface area contributed by atoms with E-state index in [0.29, 0.717) is 0 Å². The molecule has 0 aliphatic heterocycles. The fourth-order valence-electron chi connectivity index (χ4n) is 7.82. The maximum Gasteiger partial charge on any atom is 0.0619 e. The molecule has 234 valence electrons. The number of hydrogen-bond donors (Lipinski definition) is 0. The zero-order valence-electron chi connectivity index (χ0n) is 27.4. The highest BCUT2D eigenvalue weighted by Crippen LogP contribution is 2.43. The second kappa shape index (κ2) is 11.5. The summed E-state index contributed by atoms with van der Waals surface area (Å²) in [5.41, 5.74) is 14.4. The number of aromatic nitrogens is 2. The van der Waals surface area contributed by atoms with Crippen LogP contribution in [-0.2, 0) is 0 Å². The molecule has 2 nitrogen and oxygen atoms in total. The number of para-hydroxylation sites is 2. The van der Waals surface area contributed by atoms with E-state index in [1.807, 2.05) is 0 Å². The van der Waals surface area contributed by atoms with Gasteiger partial charge in [-0.3, -0.25) is 0 Å². The first-order valence-electron chi connectivity index (χ1n) is 17.2.